The van der Waals surface area contributed by atoms with Crippen LogP contribution in [-0.4, -0.2) is 49.6 Å². The molecule has 7 nitrogen and oxygen atoms in total. The van der Waals surface area contributed by atoms with Crippen molar-refractivity contribution in [1.29, 1.82) is 0 Å². The predicted molar refractivity (Wildman–Crippen MR) is 75.2 cm³/mol. The normalized spacial score (nSPS) is 12.7. The number of nitrogens with one attached hydrogen (secondary N) is 3. The van der Waals surface area contributed by atoms with Crippen molar-refractivity contribution in [2.24, 2.45) is 0 Å². The Labute approximate surface area is 118 Å². The Bertz CT molecular complexity index is 380. The Balaban J connectivity index is 3.87. The number of unbranched alkanes of at least 4 members (excludes halogenated alkanes) is 1. The molecule has 1 atom stereocenters. The third-order valence-electron chi connectivity index (χ3n) is 2.82. The predicted octanol–water partition coefficient (Wildman–Crippen LogP) is -0.362. The summed E-state index contributed by atoms with van der Waals surface area (Å²) >= 11 is 0. The summed E-state index contributed by atoms with van der Waals surface area (Å²) in [5.74, 6) is -1.58. The second-order valence-electron chi connectivity index (χ2n) is 4.37. The van der Waals surface area contributed by atoms with Gasteiger partial charge in [0.1, 0.15) is 0 Å². The van der Waals surface area contributed by atoms with Crippen LogP contribution in [0.5, 0.6) is 0 Å². The van der Waals surface area contributed by atoms with Gasteiger partial charge in [-0.05, 0) is 33.2 Å². The zero-order valence-corrected chi connectivity index (χ0v) is 12.2. The van der Waals surface area contributed by atoms with Crippen LogP contribution in [-0.2, 0) is 14.4 Å². The first kappa shape index (κ1) is 18.1. The molecule has 0 aliphatic carbocycles. The monoisotopic (exact) mass is 285 g/mol. The first-order valence-corrected chi connectivity index (χ1v) is 6.50. The Morgan fingerprint density at radius 2 is 1.85 bits per heavy atom. The zero-order valence-electron chi connectivity index (χ0n) is 12.2. The van der Waals surface area contributed by atoms with Gasteiger partial charge in [0, 0.05) is 25.2 Å². The SMILES string of the molecule is CNC(=O)C(CCCCNC(=O)C=C(C)C(=O)O)NC. The maximum Gasteiger partial charge on any atom is 0.331 e. The van der Waals surface area contributed by atoms with Gasteiger partial charge >= 0.3 is 5.97 Å². The lowest BCUT2D eigenvalue weighted by Gasteiger charge is -2.14. The summed E-state index contributed by atoms with van der Waals surface area (Å²) in [6.07, 6.45) is 3.24. The smallest absolute Gasteiger partial charge is 0.331 e. The second-order valence-corrected chi connectivity index (χ2v) is 4.37. The molecular formula is C13H23N3O4. The summed E-state index contributed by atoms with van der Waals surface area (Å²) in [6, 6.07) is -0.232. The molecule has 0 fully saturated rings. The lowest BCUT2D eigenvalue weighted by molar-refractivity contribution is -0.133. The minimum absolute atomic E-state index is 0.00244. The average Bonchev–Trinajstić information content (AvgIpc) is 2.41. The summed E-state index contributed by atoms with van der Waals surface area (Å²) in [6.45, 7) is 1.81. The fourth-order valence-electron chi connectivity index (χ4n) is 1.58. The van der Waals surface area contributed by atoms with Gasteiger partial charge in [0.2, 0.25) is 11.8 Å². The number of carbonyl (C=O) groups excluding carboxylic acids is 2. The van der Waals surface area contributed by atoms with Crippen molar-refractivity contribution in [3.8, 4) is 0 Å². The van der Waals surface area contributed by atoms with Gasteiger partial charge in [-0.2, -0.15) is 0 Å². The first-order valence-electron chi connectivity index (χ1n) is 6.50. The van der Waals surface area contributed by atoms with E-state index in [1.165, 1.54) is 6.92 Å². The van der Waals surface area contributed by atoms with Crippen LogP contribution in [0.3, 0.4) is 0 Å². The van der Waals surface area contributed by atoms with Gasteiger partial charge in [-0.3, -0.25) is 9.59 Å². The highest BCUT2D eigenvalue weighted by Crippen LogP contribution is 2.00. The van der Waals surface area contributed by atoms with Crippen LogP contribution in [0.25, 0.3) is 0 Å². The number of likely N-dealkylation sites (N-methyl/N-ethyl adjacent to an activating group) is 2. The number of rotatable bonds is 9. The van der Waals surface area contributed by atoms with E-state index in [0.717, 1.165) is 18.9 Å². The average molecular weight is 285 g/mol. The van der Waals surface area contributed by atoms with E-state index < -0.39 is 11.9 Å². The lowest BCUT2D eigenvalue weighted by Crippen LogP contribution is -2.41. The van der Waals surface area contributed by atoms with Gasteiger partial charge in [0.15, 0.2) is 0 Å². The molecule has 20 heavy (non-hydrogen) atoms. The fraction of sp³-hybridized carbons (Fsp3) is 0.615. The molecule has 0 rings (SSSR count). The molecule has 0 bridgehead atoms. The van der Waals surface area contributed by atoms with Gasteiger partial charge in [-0.1, -0.05) is 0 Å². The van der Waals surface area contributed by atoms with E-state index in [0.29, 0.717) is 13.0 Å². The maximum absolute atomic E-state index is 11.4. The molecule has 0 aliphatic heterocycles. The number of amides is 2. The largest absolute Gasteiger partial charge is 0.478 e. The zero-order chi connectivity index (χ0) is 15.5. The molecular weight excluding hydrogens is 262 g/mol. The van der Waals surface area contributed by atoms with E-state index >= 15 is 0 Å². The molecule has 0 aromatic rings. The number of carboxylic acid groups (broad SMARTS) is 1. The molecule has 0 aliphatic rings. The van der Waals surface area contributed by atoms with Gasteiger partial charge in [-0.25, -0.2) is 4.79 Å². The van der Waals surface area contributed by atoms with Crippen molar-refractivity contribution in [2.75, 3.05) is 20.6 Å². The molecule has 2 amide bonds. The van der Waals surface area contributed by atoms with E-state index in [-0.39, 0.29) is 17.5 Å². The van der Waals surface area contributed by atoms with E-state index in [2.05, 4.69) is 16.0 Å². The Hall–Kier alpha value is -1.89. The molecule has 0 heterocycles. The molecule has 4 N–H and O–H groups in total. The van der Waals surface area contributed by atoms with Crippen LogP contribution in [0.15, 0.2) is 11.6 Å². The van der Waals surface area contributed by atoms with Crippen LogP contribution in [0.2, 0.25) is 0 Å². The number of carbonyl (C=O) groups is 3. The van der Waals surface area contributed by atoms with Crippen molar-refractivity contribution in [2.45, 2.75) is 32.2 Å². The molecule has 0 spiro atoms. The van der Waals surface area contributed by atoms with Gasteiger partial charge in [-0.15, -0.1) is 0 Å². The van der Waals surface area contributed by atoms with Gasteiger partial charge in [0.05, 0.1) is 6.04 Å². The molecule has 0 radical (unpaired) electrons. The van der Waals surface area contributed by atoms with Gasteiger partial charge in [0.25, 0.3) is 0 Å². The third kappa shape index (κ3) is 7.52. The summed E-state index contributed by atoms with van der Waals surface area (Å²) in [5.41, 5.74) is -0.00244. The molecule has 0 aromatic carbocycles. The number of carboxylic acids is 1. The van der Waals surface area contributed by atoms with E-state index in [1.807, 2.05) is 0 Å². The molecule has 1 unspecified atom stereocenters. The summed E-state index contributed by atoms with van der Waals surface area (Å²) in [5, 5.41) is 16.7. The van der Waals surface area contributed by atoms with Crippen molar-refractivity contribution in [1.82, 2.24) is 16.0 Å². The van der Waals surface area contributed by atoms with Crippen molar-refractivity contribution >= 4 is 17.8 Å². The summed E-state index contributed by atoms with van der Waals surface area (Å²) in [4.78, 5) is 33.3. The van der Waals surface area contributed by atoms with Crippen LogP contribution in [0.4, 0.5) is 0 Å². The molecule has 0 aromatic heterocycles. The minimum Gasteiger partial charge on any atom is -0.478 e. The molecule has 114 valence electrons. The highest BCUT2D eigenvalue weighted by molar-refractivity contribution is 5.97. The standard InChI is InChI=1S/C13H23N3O4/c1-9(13(19)20)8-11(17)16-7-5-4-6-10(14-2)12(18)15-3/h8,10,14H,4-7H2,1-3H3,(H,15,18)(H,16,17)(H,19,20). The quantitative estimate of drug-likeness (QED) is 0.342. The molecule has 0 saturated heterocycles. The van der Waals surface area contributed by atoms with E-state index in [1.54, 1.807) is 14.1 Å². The number of aliphatic carboxylic acids is 1. The Morgan fingerprint density at radius 3 is 2.35 bits per heavy atom. The van der Waals surface area contributed by atoms with Crippen LogP contribution >= 0.6 is 0 Å². The van der Waals surface area contributed by atoms with Crippen LogP contribution in [0.1, 0.15) is 26.2 Å². The first-order chi connectivity index (χ1) is 9.42. The van der Waals surface area contributed by atoms with Crippen LogP contribution in [0, 0.1) is 0 Å². The molecule has 7 heteroatoms. The highest BCUT2D eigenvalue weighted by Gasteiger charge is 2.13. The van der Waals surface area contributed by atoms with E-state index in [4.69, 9.17) is 5.11 Å². The van der Waals surface area contributed by atoms with E-state index in [9.17, 15) is 14.4 Å². The fourth-order valence-corrected chi connectivity index (χ4v) is 1.58. The van der Waals surface area contributed by atoms with Crippen molar-refractivity contribution in [3.05, 3.63) is 11.6 Å². The second kappa shape index (κ2) is 9.96. The Morgan fingerprint density at radius 1 is 1.20 bits per heavy atom. The van der Waals surface area contributed by atoms with Crippen molar-refractivity contribution < 1.29 is 19.5 Å². The topological polar surface area (TPSA) is 108 Å². The van der Waals surface area contributed by atoms with Crippen molar-refractivity contribution in [3.63, 3.8) is 0 Å². The Kier molecular flexibility index (Phi) is 9.02. The van der Waals surface area contributed by atoms with Gasteiger partial charge < -0.3 is 21.1 Å². The third-order valence-corrected chi connectivity index (χ3v) is 2.82. The number of hydrogen-bond acceptors (Lipinski definition) is 4. The lowest BCUT2D eigenvalue weighted by atomic mass is 10.1. The summed E-state index contributed by atoms with van der Waals surface area (Å²) < 4.78 is 0. The molecule has 0 saturated carbocycles. The minimum atomic E-state index is -1.11. The number of hydrogen-bond donors (Lipinski definition) is 4. The summed E-state index contributed by atoms with van der Waals surface area (Å²) in [7, 11) is 3.31. The maximum atomic E-state index is 11.4. The van der Waals surface area contributed by atoms with Crippen LogP contribution < -0.4 is 16.0 Å². The highest BCUT2D eigenvalue weighted by atomic mass is 16.4.